The lowest BCUT2D eigenvalue weighted by molar-refractivity contribution is 0.0923. The number of nitrogens with zero attached hydrogens (tertiary/aromatic N) is 2. The quantitative estimate of drug-likeness (QED) is 0.422. The van der Waals surface area contributed by atoms with Crippen molar-refractivity contribution in [3.8, 4) is 0 Å². The maximum Gasteiger partial charge on any atom is 0.252 e. The molecule has 0 fully saturated rings. The normalized spacial score (nSPS) is 11.4. The molecule has 0 spiro atoms. The number of hydrogen-bond donors (Lipinski definition) is 1. The standard InChI is InChI=1S/C21H16ClN3O/c22-18-10-4-1-7-15(18)13-23-24-14-21(26)25-19-11-5-2-8-16(19)17-9-3-6-12-20(17)25/h1-13,24H,14H2/b23-13+. The number of hydrogen-bond acceptors (Lipinski definition) is 3. The molecule has 0 radical (unpaired) electrons. The van der Waals surface area contributed by atoms with Crippen molar-refractivity contribution in [2.45, 2.75) is 0 Å². The Morgan fingerprint density at radius 3 is 2.15 bits per heavy atom. The van der Waals surface area contributed by atoms with Gasteiger partial charge >= 0.3 is 0 Å². The second-order valence-corrected chi connectivity index (χ2v) is 6.29. The first-order valence-corrected chi connectivity index (χ1v) is 8.65. The van der Waals surface area contributed by atoms with E-state index in [0.717, 1.165) is 27.4 Å². The molecule has 128 valence electrons. The lowest BCUT2D eigenvalue weighted by Crippen LogP contribution is -2.23. The van der Waals surface area contributed by atoms with Crippen molar-refractivity contribution in [2.75, 3.05) is 6.54 Å². The van der Waals surface area contributed by atoms with Gasteiger partial charge in [-0.05, 0) is 18.2 Å². The Morgan fingerprint density at radius 2 is 1.50 bits per heavy atom. The molecule has 4 rings (SSSR count). The molecule has 1 N–H and O–H groups in total. The van der Waals surface area contributed by atoms with Crippen LogP contribution in [0.4, 0.5) is 0 Å². The highest BCUT2D eigenvalue weighted by Gasteiger charge is 2.14. The molecule has 0 atom stereocenters. The van der Waals surface area contributed by atoms with E-state index >= 15 is 0 Å². The Morgan fingerprint density at radius 1 is 0.923 bits per heavy atom. The van der Waals surface area contributed by atoms with Gasteiger partial charge in [-0.1, -0.05) is 66.2 Å². The summed E-state index contributed by atoms with van der Waals surface area (Å²) >= 11 is 6.09. The summed E-state index contributed by atoms with van der Waals surface area (Å²) < 4.78 is 1.74. The molecule has 0 unspecified atom stereocenters. The molecule has 0 saturated heterocycles. The zero-order valence-electron chi connectivity index (χ0n) is 13.9. The molecule has 26 heavy (non-hydrogen) atoms. The molecule has 0 aliphatic heterocycles. The minimum atomic E-state index is -0.0706. The summed E-state index contributed by atoms with van der Waals surface area (Å²) in [5.74, 6) is -0.0706. The van der Waals surface area contributed by atoms with Gasteiger partial charge in [0.25, 0.3) is 5.91 Å². The molecular formula is C21H16ClN3O. The van der Waals surface area contributed by atoms with Crippen LogP contribution in [0.2, 0.25) is 5.02 Å². The second kappa shape index (κ2) is 7.02. The van der Waals surface area contributed by atoms with E-state index in [1.54, 1.807) is 16.8 Å². The highest BCUT2D eigenvalue weighted by atomic mass is 35.5. The lowest BCUT2D eigenvalue weighted by atomic mass is 10.2. The first-order chi connectivity index (χ1) is 12.8. The number of carbonyl (C=O) groups is 1. The number of benzene rings is 3. The Bertz CT molecular complexity index is 1080. The molecule has 5 heteroatoms. The second-order valence-electron chi connectivity index (χ2n) is 5.88. The van der Waals surface area contributed by atoms with Crippen LogP contribution < -0.4 is 5.43 Å². The van der Waals surface area contributed by atoms with E-state index in [1.807, 2.05) is 66.7 Å². The van der Waals surface area contributed by atoms with Gasteiger partial charge in [0, 0.05) is 21.4 Å². The van der Waals surface area contributed by atoms with Gasteiger partial charge < -0.3 is 5.43 Å². The van der Waals surface area contributed by atoms with E-state index in [9.17, 15) is 4.79 Å². The van der Waals surface area contributed by atoms with E-state index in [0.29, 0.717) is 5.02 Å². The van der Waals surface area contributed by atoms with Gasteiger partial charge in [0.2, 0.25) is 0 Å². The molecule has 1 aromatic heterocycles. The third-order valence-electron chi connectivity index (χ3n) is 4.26. The number of rotatable bonds is 4. The molecule has 0 aliphatic carbocycles. The summed E-state index contributed by atoms with van der Waals surface area (Å²) in [6.45, 7) is 0.0869. The van der Waals surface area contributed by atoms with Crippen LogP contribution in [-0.2, 0) is 0 Å². The number of hydrazone groups is 1. The smallest absolute Gasteiger partial charge is 0.252 e. The van der Waals surface area contributed by atoms with Gasteiger partial charge in [0.15, 0.2) is 0 Å². The fourth-order valence-electron chi connectivity index (χ4n) is 3.08. The molecular weight excluding hydrogens is 346 g/mol. The predicted octanol–water partition coefficient (Wildman–Crippen LogP) is 4.71. The number of halogens is 1. The summed E-state index contributed by atoms with van der Waals surface area (Å²) in [5, 5.41) is 6.87. The van der Waals surface area contributed by atoms with Gasteiger partial charge in [-0.2, -0.15) is 5.10 Å². The maximum atomic E-state index is 12.8. The molecule has 0 saturated carbocycles. The molecule has 0 bridgehead atoms. The largest absolute Gasteiger partial charge is 0.301 e. The topological polar surface area (TPSA) is 46.4 Å². The number of fused-ring (bicyclic) bond motifs is 3. The van der Waals surface area contributed by atoms with Crippen LogP contribution in [0.5, 0.6) is 0 Å². The minimum absolute atomic E-state index is 0.0706. The molecule has 4 aromatic rings. The molecule has 3 aromatic carbocycles. The van der Waals surface area contributed by atoms with Gasteiger partial charge in [-0.25, -0.2) is 0 Å². The SMILES string of the molecule is O=C(CN/N=C/c1ccccc1Cl)n1c2ccccc2c2ccccc21. The zero-order valence-corrected chi connectivity index (χ0v) is 14.6. The van der Waals surface area contributed by atoms with Crippen LogP contribution in [0.1, 0.15) is 10.4 Å². The Labute approximate surface area is 155 Å². The van der Waals surface area contributed by atoms with Gasteiger partial charge in [-0.15, -0.1) is 0 Å². The highest BCUT2D eigenvalue weighted by Crippen LogP contribution is 2.28. The van der Waals surface area contributed by atoms with E-state index < -0.39 is 0 Å². The van der Waals surface area contributed by atoms with Crippen LogP contribution in [-0.4, -0.2) is 23.2 Å². The average molecular weight is 362 g/mol. The van der Waals surface area contributed by atoms with Crippen molar-refractivity contribution < 1.29 is 4.79 Å². The van der Waals surface area contributed by atoms with Gasteiger partial charge in [0.05, 0.1) is 17.2 Å². The van der Waals surface area contributed by atoms with Crippen molar-refractivity contribution in [1.82, 2.24) is 9.99 Å². The van der Waals surface area contributed by atoms with Crippen LogP contribution in [0.25, 0.3) is 21.8 Å². The number of para-hydroxylation sites is 2. The van der Waals surface area contributed by atoms with Crippen molar-refractivity contribution >= 4 is 45.5 Å². The Balaban J connectivity index is 1.59. The van der Waals surface area contributed by atoms with Crippen LogP contribution >= 0.6 is 11.6 Å². The summed E-state index contributed by atoms with van der Waals surface area (Å²) in [4.78, 5) is 12.8. The summed E-state index contributed by atoms with van der Waals surface area (Å²) in [6, 6.07) is 23.2. The number of carbonyl (C=O) groups excluding carboxylic acids is 1. The Hall–Kier alpha value is -3.11. The van der Waals surface area contributed by atoms with E-state index in [-0.39, 0.29) is 12.5 Å². The minimum Gasteiger partial charge on any atom is -0.301 e. The van der Waals surface area contributed by atoms with Crippen LogP contribution in [0.3, 0.4) is 0 Å². The average Bonchev–Trinajstić information content (AvgIpc) is 3.01. The fourth-order valence-corrected chi connectivity index (χ4v) is 3.26. The van der Waals surface area contributed by atoms with E-state index in [2.05, 4.69) is 10.5 Å². The molecule has 0 aliphatic rings. The van der Waals surface area contributed by atoms with E-state index in [1.165, 1.54) is 0 Å². The summed E-state index contributed by atoms with van der Waals surface area (Å²) in [7, 11) is 0. The van der Waals surface area contributed by atoms with Crippen molar-refractivity contribution in [2.24, 2.45) is 5.10 Å². The third-order valence-corrected chi connectivity index (χ3v) is 4.60. The highest BCUT2D eigenvalue weighted by molar-refractivity contribution is 6.33. The number of aromatic nitrogens is 1. The first-order valence-electron chi connectivity index (χ1n) is 8.27. The summed E-state index contributed by atoms with van der Waals surface area (Å²) in [6.07, 6.45) is 1.61. The zero-order chi connectivity index (χ0) is 17.9. The molecule has 4 nitrogen and oxygen atoms in total. The molecule has 1 heterocycles. The van der Waals surface area contributed by atoms with Crippen LogP contribution in [0.15, 0.2) is 77.9 Å². The molecule has 0 amide bonds. The lowest BCUT2D eigenvalue weighted by Gasteiger charge is -2.06. The maximum absolute atomic E-state index is 12.8. The Kier molecular flexibility index (Phi) is 4.42. The van der Waals surface area contributed by atoms with Crippen molar-refractivity contribution in [1.29, 1.82) is 0 Å². The van der Waals surface area contributed by atoms with E-state index in [4.69, 9.17) is 11.6 Å². The monoisotopic (exact) mass is 361 g/mol. The van der Waals surface area contributed by atoms with Gasteiger partial charge in [-0.3, -0.25) is 9.36 Å². The van der Waals surface area contributed by atoms with Crippen molar-refractivity contribution in [3.63, 3.8) is 0 Å². The summed E-state index contributed by atoms with van der Waals surface area (Å²) in [5.41, 5.74) is 5.41. The van der Waals surface area contributed by atoms with Crippen LogP contribution in [0, 0.1) is 0 Å². The number of nitrogens with one attached hydrogen (secondary N) is 1. The van der Waals surface area contributed by atoms with Gasteiger partial charge in [0.1, 0.15) is 6.54 Å². The predicted molar refractivity (Wildman–Crippen MR) is 107 cm³/mol. The third kappa shape index (κ3) is 2.95. The van der Waals surface area contributed by atoms with Crippen molar-refractivity contribution in [3.05, 3.63) is 83.4 Å². The first kappa shape index (κ1) is 16.4. The fraction of sp³-hybridized carbons (Fsp3) is 0.0476.